The Morgan fingerprint density at radius 1 is 1.71 bits per heavy atom. The molecule has 0 saturated carbocycles. The van der Waals surface area contributed by atoms with Gasteiger partial charge in [-0.2, -0.15) is 4.37 Å². The van der Waals surface area contributed by atoms with Crippen LogP contribution in [0.4, 0.5) is 10.8 Å². The molecule has 0 unspecified atom stereocenters. The Hall–Kier alpha value is -1.30. The number of carbonyl (C=O) groups excluding carboxylic acids is 1. The van der Waals surface area contributed by atoms with Gasteiger partial charge in [-0.05, 0) is 18.5 Å². The summed E-state index contributed by atoms with van der Waals surface area (Å²) < 4.78 is 3.91. The number of nitrogens with one attached hydrogen (secondary N) is 2. The lowest BCUT2D eigenvalue weighted by Crippen LogP contribution is -2.24. The van der Waals surface area contributed by atoms with Crippen LogP contribution in [0.15, 0.2) is 6.07 Å². The minimum atomic E-state index is 0.0532. The number of rotatable bonds is 5. The Balaban J connectivity index is 2.18. The van der Waals surface area contributed by atoms with E-state index in [1.54, 1.807) is 6.07 Å². The molecule has 0 saturated heterocycles. The summed E-state index contributed by atoms with van der Waals surface area (Å²) in [5, 5.41) is 6.69. The predicted molar refractivity (Wildman–Crippen MR) is 58.3 cm³/mol. The molecule has 0 aliphatic carbocycles. The lowest BCUT2D eigenvalue weighted by atomic mass is 10.4. The minimum absolute atomic E-state index is 0.0532. The molecule has 14 heavy (non-hydrogen) atoms. The molecule has 4 N–H and O–H groups in total. The second-order valence-corrected chi connectivity index (χ2v) is 3.55. The Bertz CT molecular complexity index is 299. The quantitative estimate of drug-likeness (QED) is 0.672. The lowest BCUT2D eigenvalue weighted by molar-refractivity contribution is -0.120. The van der Waals surface area contributed by atoms with Crippen molar-refractivity contribution in [1.82, 2.24) is 9.69 Å². The van der Waals surface area contributed by atoms with Gasteiger partial charge in [0.15, 0.2) is 0 Å². The van der Waals surface area contributed by atoms with E-state index in [1.165, 1.54) is 11.5 Å². The summed E-state index contributed by atoms with van der Waals surface area (Å²) in [6.45, 7) is 3.18. The molecule has 1 rings (SSSR count). The van der Waals surface area contributed by atoms with Gasteiger partial charge in [-0.25, -0.2) is 0 Å². The van der Waals surface area contributed by atoms with E-state index in [0.29, 0.717) is 25.3 Å². The van der Waals surface area contributed by atoms with Crippen molar-refractivity contribution < 1.29 is 4.79 Å². The molecule has 78 valence electrons. The molecule has 6 heteroatoms. The third kappa shape index (κ3) is 3.61. The van der Waals surface area contributed by atoms with E-state index < -0.39 is 0 Å². The van der Waals surface area contributed by atoms with Crippen LogP contribution in [0, 0.1) is 0 Å². The van der Waals surface area contributed by atoms with Crippen molar-refractivity contribution in [1.29, 1.82) is 0 Å². The maximum Gasteiger partial charge on any atom is 0.221 e. The van der Waals surface area contributed by atoms with Gasteiger partial charge in [-0.3, -0.25) is 4.79 Å². The van der Waals surface area contributed by atoms with Crippen LogP contribution in [-0.2, 0) is 4.79 Å². The molecule has 0 bridgehead atoms. The topological polar surface area (TPSA) is 80.0 Å². The minimum Gasteiger partial charge on any atom is -0.383 e. The summed E-state index contributed by atoms with van der Waals surface area (Å²) in [6.07, 6.45) is 0.464. The van der Waals surface area contributed by atoms with E-state index in [2.05, 4.69) is 15.0 Å². The highest BCUT2D eigenvalue weighted by Gasteiger charge is 2.00. The van der Waals surface area contributed by atoms with Crippen LogP contribution < -0.4 is 16.4 Å². The first-order chi connectivity index (χ1) is 6.72. The molecule has 0 atom stereocenters. The molecule has 1 aromatic rings. The van der Waals surface area contributed by atoms with Gasteiger partial charge in [0.25, 0.3) is 0 Å². The third-order valence-corrected chi connectivity index (χ3v) is 2.31. The van der Waals surface area contributed by atoms with Crippen LogP contribution in [-0.4, -0.2) is 23.4 Å². The Kier molecular flexibility index (Phi) is 4.18. The normalized spacial score (nSPS) is 9.79. The summed E-state index contributed by atoms with van der Waals surface area (Å²) in [4.78, 5) is 11.1. The molecular weight excluding hydrogens is 200 g/mol. The lowest BCUT2D eigenvalue weighted by Gasteiger charge is -2.02. The van der Waals surface area contributed by atoms with E-state index in [9.17, 15) is 4.79 Å². The van der Waals surface area contributed by atoms with Gasteiger partial charge in [0.05, 0.1) is 0 Å². The number of hydrogen-bond donors (Lipinski definition) is 3. The van der Waals surface area contributed by atoms with Gasteiger partial charge in [0.2, 0.25) is 5.91 Å². The Labute approximate surface area is 86.9 Å². The summed E-state index contributed by atoms with van der Waals surface area (Å²) in [6, 6.07) is 1.75. The highest BCUT2D eigenvalue weighted by molar-refractivity contribution is 7.10. The predicted octanol–water partition coefficient (Wildman–Crippen LogP) is 0.663. The Morgan fingerprint density at radius 3 is 3.07 bits per heavy atom. The highest BCUT2D eigenvalue weighted by Crippen LogP contribution is 2.16. The average Bonchev–Trinajstić information content (AvgIpc) is 2.52. The zero-order valence-corrected chi connectivity index (χ0v) is 8.86. The summed E-state index contributed by atoms with van der Waals surface area (Å²) in [7, 11) is 0. The van der Waals surface area contributed by atoms with Crippen molar-refractivity contribution in [3.8, 4) is 0 Å². The molecule has 0 fully saturated rings. The maximum absolute atomic E-state index is 11.1. The number of nitrogen functional groups attached to an aromatic ring is 1. The number of aromatic nitrogens is 1. The zero-order valence-electron chi connectivity index (χ0n) is 8.04. The van der Waals surface area contributed by atoms with Gasteiger partial charge in [-0.1, -0.05) is 0 Å². The van der Waals surface area contributed by atoms with Crippen LogP contribution in [0.2, 0.25) is 0 Å². The smallest absolute Gasteiger partial charge is 0.221 e. The average molecular weight is 214 g/mol. The van der Waals surface area contributed by atoms with Crippen molar-refractivity contribution in [3.63, 3.8) is 0 Å². The molecule has 1 amide bonds. The first-order valence-corrected chi connectivity index (χ1v) is 5.22. The van der Waals surface area contributed by atoms with Crippen LogP contribution in [0.25, 0.3) is 0 Å². The number of amides is 1. The molecule has 0 spiro atoms. The van der Waals surface area contributed by atoms with Gasteiger partial charge < -0.3 is 16.4 Å². The molecule has 0 radical (unpaired) electrons. The summed E-state index contributed by atoms with van der Waals surface area (Å²) in [5.74, 6) is 0.563. The molecule has 5 nitrogen and oxygen atoms in total. The van der Waals surface area contributed by atoms with Gasteiger partial charge in [-0.15, -0.1) is 0 Å². The number of hydrogen-bond acceptors (Lipinski definition) is 5. The summed E-state index contributed by atoms with van der Waals surface area (Å²) in [5.41, 5.74) is 5.44. The molecule has 0 aliphatic heterocycles. The third-order valence-electron chi connectivity index (χ3n) is 1.55. The van der Waals surface area contributed by atoms with Crippen molar-refractivity contribution in [2.45, 2.75) is 13.3 Å². The van der Waals surface area contributed by atoms with E-state index in [4.69, 9.17) is 5.73 Å². The fraction of sp³-hybridized carbons (Fsp3) is 0.500. The van der Waals surface area contributed by atoms with E-state index in [1.807, 2.05) is 6.92 Å². The van der Waals surface area contributed by atoms with Gasteiger partial charge >= 0.3 is 0 Å². The van der Waals surface area contributed by atoms with Crippen molar-refractivity contribution in [2.75, 3.05) is 24.1 Å². The number of anilines is 2. The molecule has 0 aliphatic rings. The van der Waals surface area contributed by atoms with E-state index >= 15 is 0 Å². The van der Waals surface area contributed by atoms with Crippen LogP contribution in [0.5, 0.6) is 0 Å². The highest BCUT2D eigenvalue weighted by atomic mass is 32.1. The number of nitrogens with zero attached hydrogens (tertiary/aromatic N) is 1. The Morgan fingerprint density at radius 2 is 2.50 bits per heavy atom. The fourth-order valence-corrected chi connectivity index (χ4v) is 1.55. The van der Waals surface area contributed by atoms with Gasteiger partial charge in [0, 0.05) is 25.6 Å². The van der Waals surface area contributed by atoms with Crippen molar-refractivity contribution >= 4 is 28.3 Å². The van der Waals surface area contributed by atoms with Crippen molar-refractivity contribution in [3.05, 3.63) is 6.07 Å². The fourth-order valence-electron chi connectivity index (χ4n) is 0.957. The van der Waals surface area contributed by atoms with Crippen molar-refractivity contribution in [2.24, 2.45) is 0 Å². The zero-order chi connectivity index (χ0) is 10.4. The second kappa shape index (κ2) is 5.43. The SMILES string of the molecule is CCNC(=O)CCNc1cc(N)ns1. The molecule has 0 aromatic carbocycles. The van der Waals surface area contributed by atoms with Crippen LogP contribution in [0.3, 0.4) is 0 Å². The van der Waals surface area contributed by atoms with Crippen LogP contribution >= 0.6 is 11.5 Å². The standard InChI is InChI=1S/C8H14N4OS/c1-2-10-7(13)3-4-11-8-5-6(9)12-14-8/h5,11H,2-4H2,1H3,(H2,9,12)(H,10,13). The molecule has 1 aromatic heterocycles. The van der Waals surface area contributed by atoms with Gasteiger partial charge in [0.1, 0.15) is 10.8 Å². The second-order valence-electron chi connectivity index (χ2n) is 2.75. The first-order valence-electron chi connectivity index (χ1n) is 4.45. The number of carbonyl (C=O) groups is 1. The van der Waals surface area contributed by atoms with E-state index in [-0.39, 0.29) is 5.91 Å². The maximum atomic E-state index is 11.1. The number of nitrogens with two attached hydrogens (primary N) is 1. The molecular formula is C8H14N4OS. The molecule has 1 heterocycles. The van der Waals surface area contributed by atoms with Crippen LogP contribution in [0.1, 0.15) is 13.3 Å². The first kappa shape index (κ1) is 10.8. The monoisotopic (exact) mass is 214 g/mol. The summed E-state index contributed by atoms with van der Waals surface area (Å²) >= 11 is 1.30. The van der Waals surface area contributed by atoms with E-state index in [0.717, 1.165) is 5.00 Å². The largest absolute Gasteiger partial charge is 0.383 e.